The van der Waals surface area contributed by atoms with Crippen molar-refractivity contribution in [2.75, 3.05) is 0 Å². The largest absolute Gasteiger partial charge is 0.507 e. The van der Waals surface area contributed by atoms with Gasteiger partial charge in [0.25, 0.3) is 20.2 Å². The molecule has 0 saturated carbocycles. The Labute approximate surface area is 141 Å². The molecule has 0 spiro atoms. The minimum Gasteiger partial charge on any atom is -0.507 e. The van der Waals surface area contributed by atoms with Gasteiger partial charge in [0.15, 0.2) is 0 Å². The van der Waals surface area contributed by atoms with Crippen LogP contribution in [0.25, 0.3) is 10.8 Å². The Morgan fingerprint density at radius 1 is 0.714 bits per heavy atom. The zero-order valence-corrected chi connectivity index (χ0v) is 14.2. The Bertz CT molecular complexity index is 845. The van der Waals surface area contributed by atoms with Crippen LogP contribution in [0.2, 0.25) is 0 Å². The van der Waals surface area contributed by atoms with Crippen molar-refractivity contribution >= 4 is 60.6 Å². The molecule has 0 aliphatic rings. The molecule has 2 rings (SSSR count). The molecule has 11 heteroatoms. The van der Waals surface area contributed by atoms with Crippen molar-refractivity contribution in [3.05, 3.63) is 24.3 Å². The maximum Gasteiger partial charge on any atom is 0.294 e. The normalized spacial score (nSPS) is 12.1. The topological polar surface area (TPSA) is 149 Å². The summed E-state index contributed by atoms with van der Waals surface area (Å²) in [6.45, 7) is 0. The van der Waals surface area contributed by atoms with Crippen LogP contribution in [-0.2, 0) is 20.2 Å². The number of benzene rings is 2. The molecule has 0 fully saturated rings. The Hall–Kier alpha value is -0.880. The SMILES string of the molecule is O=S(=O)(O)c1cc(O)c2c(O)cc(S(=O)(=O)O)cc2c1.[Na]. The van der Waals surface area contributed by atoms with Gasteiger partial charge in [0.05, 0.1) is 15.2 Å². The third kappa shape index (κ3) is 3.66. The van der Waals surface area contributed by atoms with Gasteiger partial charge in [-0.1, -0.05) is 0 Å². The molecular weight excluding hydrogens is 335 g/mol. The van der Waals surface area contributed by atoms with E-state index >= 15 is 0 Å². The second-order valence-electron chi connectivity index (χ2n) is 3.93. The smallest absolute Gasteiger partial charge is 0.294 e. The second kappa shape index (κ2) is 5.72. The Morgan fingerprint density at radius 3 is 1.33 bits per heavy atom. The number of rotatable bonds is 2. The van der Waals surface area contributed by atoms with Crippen LogP contribution in [0.1, 0.15) is 0 Å². The summed E-state index contributed by atoms with van der Waals surface area (Å²) in [7, 11) is -9.26. The molecule has 0 saturated heterocycles. The molecule has 0 unspecified atom stereocenters. The first-order valence-electron chi connectivity index (χ1n) is 4.95. The summed E-state index contributed by atoms with van der Waals surface area (Å²) in [6.07, 6.45) is 0. The van der Waals surface area contributed by atoms with Crippen LogP contribution in [0.5, 0.6) is 11.5 Å². The summed E-state index contributed by atoms with van der Waals surface area (Å²) < 4.78 is 61.8. The van der Waals surface area contributed by atoms with Crippen molar-refractivity contribution in [3.63, 3.8) is 0 Å². The van der Waals surface area contributed by atoms with E-state index in [1.807, 2.05) is 0 Å². The van der Waals surface area contributed by atoms with E-state index in [2.05, 4.69) is 0 Å². The van der Waals surface area contributed by atoms with Crippen molar-refractivity contribution in [3.8, 4) is 11.5 Å². The van der Waals surface area contributed by atoms with Crippen LogP contribution in [-0.4, -0.2) is 65.7 Å². The maximum atomic E-state index is 11.0. The summed E-state index contributed by atoms with van der Waals surface area (Å²) >= 11 is 0. The predicted molar refractivity (Wildman–Crippen MR) is 72.7 cm³/mol. The third-order valence-electron chi connectivity index (χ3n) is 2.55. The average Bonchev–Trinajstić information content (AvgIpc) is 2.25. The van der Waals surface area contributed by atoms with E-state index in [1.165, 1.54) is 0 Å². The van der Waals surface area contributed by atoms with Crippen LogP contribution in [0.4, 0.5) is 0 Å². The van der Waals surface area contributed by atoms with Gasteiger partial charge < -0.3 is 10.2 Å². The molecule has 0 aromatic heterocycles. The zero-order chi connectivity index (χ0) is 15.3. The molecule has 8 nitrogen and oxygen atoms in total. The molecule has 109 valence electrons. The van der Waals surface area contributed by atoms with Crippen molar-refractivity contribution in [1.29, 1.82) is 0 Å². The van der Waals surface area contributed by atoms with Crippen molar-refractivity contribution in [2.24, 2.45) is 0 Å². The monoisotopic (exact) mass is 343 g/mol. The fourth-order valence-corrected chi connectivity index (χ4v) is 2.79. The van der Waals surface area contributed by atoms with Crippen LogP contribution in [0, 0.1) is 0 Å². The van der Waals surface area contributed by atoms with Crippen LogP contribution in [0.3, 0.4) is 0 Å². The van der Waals surface area contributed by atoms with Gasteiger partial charge in [0.1, 0.15) is 11.5 Å². The molecule has 0 bridgehead atoms. The Kier molecular flexibility index (Phi) is 4.95. The first-order chi connectivity index (χ1) is 9.00. The average molecular weight is 343 g/mol. The van der Waals surface area contributed by atoms with E-state index in [1.54, 1.807) is 0 Å². The van der Waals surface area contributed by atoms with E-state index in [0.717, 1.165) is 12.1 Å². The van der Waals surface area contributed by atoms with Crippen LogP contribution >= 0.6 is 0 Å². The minimum atomic E-state index is -4.63. The van der Waals surface area contributed by atoms with E-state index in [0.29, 0.717) is 12.1 Å². The van der Waals surface area contributed by atoms with E-state index in [9.17, 15) is 27.0 Å². The van der Waals surface area contributed by atoms with Crippen molar-refractivity contribution in [2.45, 2.75) is 9.79 Å². The van der Waals surface area contributed by atoms with Gasteiger partial charge in [-0.2, -0.15) is 16.8 Å². The molecule has 21 heavy (non-hydrogen) atoms. The molecule has 2 aromatic carbocycles. The molecule has 0 aliphatic carbocycles. The quantitative estimate of drug-likeness (QED) is 0.451. The van der Waals surface area contributed by atoms with E-state index in [-0.39, 0.29) is 40.3 Å². The van der Waals surface area contributed by atoms with Crippen LogP contribution in [0.15, 0.2) is 34.1 Å². The van der Waals surface area contributed by atoms with Gasteiger partial charge in [-0.3, -0.25) is 9.11 Å². The minimum absolute atomic E-state index is 0. The zero-order valence-electron chi connectivity index (χ0n) is 10.5. The molecule has 2 aromatic rings. The Morgan fingerprint density at radius 2 is 1.05 bits per heavy atom. The van der Waals surface area contributed by atoms with Gasteiger partial charge in [-0.05, 0) is 17.5 Å². The molecule has 4 N–H and O–H groups in total. The fraction of sp³-hybridized carbons (Fsp3) is 0. The molecule has 0 amide bonds. The number of hydrogen-bond donors (Lipinski definition) is 4. The molecule has 0 atom stereocenters. The van der Waals surface area contributed by atoms with Gasteiger partial charge in [-0.25, -0.2) is 0 Å². The molecule has 1 radical (unpaired) electrons. The Balaban J connectivity index is 0.00000220. The summed E-state index contributed by atoms with van der Waals surface area (Å²) in [4.78, 5) is -1.37. The first-order valence-corrected chi connectivity index (χ1v) is 7.83. The first kappa shape index (κ1) is 18.2. The van der Waals surface area contributed by atoms with E-state index in [4.69, 9.17) is 9.11 Å². The number of phenolic OH excluding ortho intramolecular Hbond substituents is 2. The molecule has 0 aliphatic heterocycles. The van der Waals surface area contributed by atoms with Gasteiger partial charge in [-0.15, -0.1) is 0 Å². The molecular formula is C10H8NaO8S2. The predicted octanol–water partition coefficient (Wildman–Crippen LogP) is 0.364. The van der Waals surface area contributed by atoms with Gasteiger partial charge >= 0.3 is 0 Å². The number of hydrogen-bond acceptors (Lipinski definition) is 6. The maximum absolute atomic E-state index is 11.0. The molecule has 0 heterocycles. The van der Waals surface area contributed by atoms with Crippen molar-refractivity contribution < 1.29 is 36.2 Å². The van der Waals surface area contributed by atoms with Crippen LogP contribution < -0.4 is 0 Å². The number of aromatic hydroxyl groups is 2. The summed E-state index contributed by atoms with van der Waals surface area (Å²) in [6, 6.07) is 3.09. The number of fused-ring (bicyclic) bond motifs is 1. The van der Waals surface area contributed by atoms with Crippen molar-refractivity contribution in [1.82, 2.24) is 0 Å². The third-order valence-corrected chi connectivity index (χ3v) is 4.21. The summed E-state index contributed by atoms with van der Waals surface area (Å²) in [5.41, 5.74) is 0. The van der Waals surface area contributed by atoms with Gasteiger partial charge in [0, 0.05) is 41.7 Å². The fourth-order valence-electron chi connectivity index (χ4n) is 1.71. The number of phenols is 2. The second-order valence-corrected chi connectivity index (χ2v) is 6.78. The summed E-state index contributed by atoms with van der Waals surface area (Å²) in [5, 5.41) is 18.9. The standard InChI is InChI=1S/C10H8O8S2.Na/c11-8-3-6(19(13,14)15)1-5-2-7(20(16,17)18)4-9(12)10(5)8;/h1-4,11-12H,(H,13,14,15)(H,16,17,18);. The van der Waals surface area contributed by atoms with Gasteiger partial charge in [0.2, 0.25) is 0 Å². The summed E-state index contributed by atoms with van der Waals surface area (Å²) in [5.74, 6) is -1.34. The van der Waals surface area contributed by atoms with E-state index < -0.39 is 41.5 Å².